The van der Waals surface area contributed by atoms with E-state index in [9.17, 15) is 4.79 Å². The molecule has 1 N–H and O–H groups in total. The molecule has 0 radical (unpaired) electrons. The zero-order valence-electron chi connectivity index (χ0n) is 12.6. The van der Waals surface area contributed by atoms with Crippen LogP contribution in [0.15, 0.2) is 24.3 Å². The van der Waals surface area contributed by atoms with Gasteiger partial charge in [0.15, 0.2) is 0 Å². The highest BCUT2D eigenvalue weighted by atomic mass is 32.2. The summed E-state index contributed by atoms with van der Waals surface area (Å²) < 4.78 is 5.49. The molecule has 1 aliphatic heterocycles. The fourth-order valence-electron chi connectivity index (χ4n) is 2.87. The van der Waals surface area contributed by atoms with Gasteiger partial charge in [-0.1, -0.05) is 12.1 Å². The molecule has 2 aliphatic rings. The van der Waals surface area contributed by atoms with Gasteiger partial charge in [-0.3, -0.25) is 10.1 Å². The number of benzene rings is 1. The van der Waals surface area contributed by atoms with Crippen LogP contribution in [0.5, 0.6) is 5.75 Å². The van der Waals surface area contributed by atoms with Gasteiger partial charge in [0.2, 0.25) is 5.91 Å². The molecule has 4 nitrogen and oxygen atoms in total. The standard InChI is InChI=1S/C16H22N2O2S/c1-3-20-13-6-4-12(5-7-13)14-17-16(8-9-16)15(19)18(14)10-11-21-2/h4-7,14,17H,3,8-11H2,1-2H3. The Hall–Kier alpha value is -1.20. The molecule has 3 rings (SSSR count). The van der Waals surface area contributed by atoms with E-state index >= 15 is 0 Å². The summed E-state index contributed by atoms with van der Waals surface area (Å²) in [4.78, 5) is 14.6. The predicted molar refractivity (Wildman–Crippen MR) is 85.5 cm³/mol. The number of thioether (sulfide) groups is 1. The average Bonchev–Trinajstić information content (AvgIpc) is 3.22. The predicted octanol–water partition coefficient (Wildman–Crippen LogP) is 2.41. The molecular weight excluding hydrogens is 284 g/mol. The Kier molecular flexibility index (Phi) is 4.13. The zero-order valence-corrected chi connectivity index (χ0v) is 13.4. The lowest BCUT2D eigenvalue weighted by atomic mass is 10.1. The van der Waals surface area contributed by atoms with Gasteiger partial charge in [-0.05, 0) is 43.7 Å². The number of hydrogen-bond acceptors (Lipinski definition) is 4. The van der Waals surface area contributed by atoms with Crippen LogP contribution in [0.2, 0.25) is 0 Å². The molecule has 1 saturated heterocycles. The summed E-state index contributed by atoms with van der Waals surface area (Å²) in [6, 6.07) is 8.08. The van der Waals surface area contributed by atoms with Crippen molar-refractivity contribution in [1.82, 2.24) is 10.2 Å². The van der Waals surface area contributed by atoms with Crippen molar-refractivity contribution in [3.05, 3.63) is 29.8 Å². The van der Waals surface area contributed by atoms with Crippen LogP contribution in [0.25, 0.3) is 0 Å². The van der Waals surface area contributed by atoms with Crippen LogP contribution >= 0.6 is 11.8 Å². The summed E-state index contributed by atoms with van der Waals surface area (Å²) in [5.41, 5.74) is 0.874. The van der Waals surface area contributed by atoms with Crippen molar-refractivity contribution in [2.24, 2.45) is 0 Å². The Morgan fingerprint density at radius 1 is 1.38 bits per heavy atom. The van der Waals surface area contributed by atoms with Crippen molar-refractivity contribution >= 4 is 17.7 Å². The molecule has 1 amide bonds. The number of carbonyl (C=O) groups excluding carboxylic acids is 1. The molecule has 0 aromatic heterocycles. The Bertz CT molecular complexity index is 514. The van der Waals surface area contributed by atoms with E-state index in [-0.39, 0.29) is 17.6 Å². The molecule has 0 bridgehead atoms. The maximum atomic E-state index is 12.6. The fourth-order valence-corrected chi connectivity index (χ4v) is 3.25. The molecule has 1 aromatic rings. The summed E-state index contributed by atoms with van der Waals surface area (Å²) in [6.45, 7) is 3.45. The Balaban J connectivity index is 1.79. The molecule has 1 spiro atoms. The number of nitrogens with one attached hydrogen (secondary N) is 1. The third-order valence-electron chi connectivity index (χ3n) is 4.19. The SMILES string of the molecule is CCOc1ccc(C2NC3(CC3)C(=O)N2CCSC)cc1. The molecule has 1 saturated carbocycles. The quantitative estimate of drug-likeness (QED) is 0.876. The average molecular weight is 306 g/mol. The van der Waals surface area contributed by atoms with E-state index < -0.39 is 0 Å². The van der Waals surface area contributed by atoms with Crippen LogP contribution in [0.4, 0.5) is 0 Å². The van der Waals surface area contributed by atoms with Crippen LogP contribution < -0.4 is 10.1 Å². The minimum atomic E-state index is -0.262. The van der Waals surface area contributed by atoms with Crippen molar-refractivity contribution in [2.45, 2.75) is 31.5 Å². The van der Waals surface area contributed by atoms with Crippen LogP contribution in [0.3, 0.4) is 0 Å². The molecule has 21 heavy (non-hydrogen) atoms. The van der Waals surface area contributed by atoms with Crippen molar-refractivity contribution in [3.63, 3.8) is 0 Å². The smallest absolute Gasteiger partial charge is 0.244 e. The highest BCUT2D eigenvalue weighted by molar-refractivity contribution is 7.98. The zero-order chi connectivity index (χ0) is 14.9. The highest BCUT2D eigenvalue weighted by Gasteiger charge is 2.59. The topological polar surface area (TPSA) is 41.6 Å². The maximum absolute atomic E-state index is 12.6. The van der Waals surface area contributed by atoms with Gasteiger partial charge in [-0.2, -0.15) is 11.8 Å². The van der Waals surface area contributed by atoms with Crippen LogP contribution in [-0.4, -0.2) is 41.5 Å². The molecular formula is C16H22N2O2S. The highest BCUT2D eigenvalue weighted by Crippen LogP contribution is 2.45. The van der Waals surface area contributed by atoms with Crippen molar-refractivity contribution in [2.75, 3.05) is 25.2 Å². The van der Waals surface area contributed by atoms with E-state index in [1.54, 1.807) is 11.8 Å². The summed E-state index contributed by atoms with van der Waals surface area (Å²) in [7, 11) is 0. The second kappa shape index (κ2) is 5.89. The van der Waals surface area contributed by atoms with Gasteiger partial charge in [0.05, 0.1) is 6.61 Å². The number of rotatable bonds is 6. The Morgan fingerprint density at radius 3 is 2.67 bits per heavy atom. The second-order valence-corrected chi connectivity index (χ2v) is 6.61. The van der Waals surface area contributed by atoms with E-state index in [1.807, 2.05) is 24.0 Å². The van der Waals surface area contributed by atoms with Gasteiger partial charge in [-0.25, -0.2) is 0 Å². The van der Waals surface area contributed by atoms with Crippen LogP contribution in [0, 0.1) is 0 Å². The van der Waals surface area contributed by atoms with Crippen LogP contribution in [-0.2, 0) is 4.79 Å². The molecule has 2 fully saturated rings. The van der Waals surface area contributed by atoms with Crippen molar-refractivity contribution in [1.29, 1.82) is 0 Å². The van der Waals surface area contributed by atoms with Gasteiger partial charge in [0.1, 0.15) is 17.5 Å². The lowest BCUT2D eigenvalue weighted by Gasteiger charge is -2.24. The second-order valence-electron chi connectivity index (χ2n) is 5.62. The normalized spacial score (nSPS) is 22.9. The molecule has 1 heterocycles. The molecule has 1 atom stereocenters. The number of nitrogens with zero attached hydrogens (tertiary/aromatic N) is 1. The van der Waals surface area contributed by atoms with E-state index in [1.165, 1.54) is 0 Å². The Labute approximate surface area is 130 Å². The first kappa shape index (κ1) is 14.7. The summed E-state index contributed by atoms with van der Waals surface area (Å²) in [5.74, 6) is 2.12. The number of ether oxygens (including phenoxy) is 1. The third kappa shape index (κ3) is 2.77. The van der Waals surface area contributed by atoms with Gasteiger partial charge in [0, 0.05) is 12.3 Å². The largest absolute Gasteiger partial charge is 0.494 e. The van der Waals surface area contributed by atoms with E-state index in [2.05, 4.69) is 23.7 Å². The van der Waals surface area contributed by atoms with Gasteiger partial charge >= 0.3 is 0 Å². The first-order valence-corrected chi connectivity index (χ1v) is 8.90. The molecule has 1 unspecified atom stereocenters. The third-order valence-corrected chi connectivity index (χ3v) is 4.78. The molecule has 114 valence electrons. The minimum Gasteiger partial charge on any atom is -0.494 e. The fraction of sp³-hybridized carbons (Fsp3) is 0.562. The van der Waals surface area contributed by atoms with Gasteiger partial charge < -0.3 is 9.64 Å². The number of carbonyl (C=O) groups is 1. The van der Waals surface area contributed by atoms with Gasteiger partial charge in [-0.15, -0.1) is 0 Å². The van der Waals surface area contributed by atoms with E-state index in [0.29, 0.717) is 6.61 Å². The maximum Gasteiger partial charge on any atom is 0.244 e. The monoisotopic (exact) mass is 306 g/mol. The first-order valence-electron chi connectivity index (χ1n) is 7.50. The summed E-state index contributed by atoms with van der Waals surface area (Å²) in [6.07, 6.45) is 4.01. The minimum absolute atomic E-state index is 0.00262. The van der Waals surface area contributed by atoms with E-state index in [0.717, 1.165) is 36.5 Å². The molecule has 1 aromatic carbocycles. The Morgan fingerprint density at radius 2 is 2.10 bits per heavy atom. The lowest BCUT2D eigenvalue weighted by Crippen LogP contribution is -2.33. The van der Waals surface area contributed by atoms with Gasteiger partial charge in [0.25, 0.3) is 0 Å². The molecule has 1 aliphatic carbocycles. The van der Waals surface area contributed by atoms with Crippen LogP contribution in [0.1, 0.15) is 31.5 Å². The first-order chi connectivity index (χ1) is 10.2. The van der Waals surface area contributed by atoms with Crippen molar-refractivity contribution < 1.29 is 9.53 Å². The van der Waals surface area contributed by atoms with Crippen molar-refractivity contribution in [3.8, 4) is 5.75 Å². The number of amides is 1. The summed E-state index contributed by atoms with van der Waals surface area (Å²) >= 11 is 1.78. The lowest BCUT2D eigenvalue weighted by molar-refractivity contribution is -0.130. The number of hydrogen-bond donors (Lipinski definition) is 1. The molecule has 5 heteroatoms. The van der Waals surface area contributed by atoms with E-state index in [4.69, 9.17) is 4.74 Å². The summed E-state index contributed by atoms with van der Waals surface area (Å²) in [5, 5.41) is 3.54.